The van der Waals surface area contributed by atoms with E-state index in [1.165, 1.54) is 6.08 Å². The van der Waals surface area contributed by atoms with Crippen LogP contribution in [0.15, 0.2) is 22.7 Å². The van der Waals surface area contributed by atoms with E-state index in [9.17, 15) is 4.79 Å². The van der Waals surface area contributed by atoms with Gasteiger partial charge in [0.1, 0.15) is 11.5 Å². The Kier molecular flexibility index (Phi) is 5.71. The molecular formula is C13H15BrO4. The lowest BCUT2D eigenvalue weighted by Crippen LogP contribution is -1.99. The zero-order chi connectivity index (χ0) is 13.5. The van der Waals surface area contributed by atoms with E-state index in [2.05, 4.69) is 15.9 Å². The SMILES string of the molecule is CCOC(=O)C=Cc1cc(OC)c(Br)cc1OC. The molecular weight excluding hydrogens is 300 g/mol. The minimum absolute atomic E-state index is 0.351. The van der Waals surface area contributed by atoms with Crippen LogP contribution in [-0.2, 0) is 9.53 Å². The predicted octanol–water partition coefficient (Wildman–Crippen LogP) is 3.04. The fraction of sp³-hybridized carbons (Fsp3) is 0.308. The van der Waals surface area contributed by atoms with Crippen molar-refractivity contribution in [1.29, 1.82) is 0 Å². The van der Waals surface area contributed by atoms with Gasteiger partial charge in [-0.3, -0.25) is 0 Å². The second kappa shape index (κ2) is 7.06. The number of hydrogen-bond donors (Lipinski definition) is 0. The number of carbonyl (C=O) groups excluding carboxylic acids is 1. The Morgan fingerprint density at radius 1 is 1.28 bits per heavy atom. The molecule has 1 aromatic rings. The van der Waals surface area contributed by atoms with Crippen molar-refractivity contribution in [1.82, 2.24) is 0 Å². The first kappa shape index (κ1) is 14.6. The minimum Gasteiger partial charge on any atom is -0.496 e. The highest BCUT2D eigenvalue weighted by Gasteiger charge is 2.07. The van der Waals surface area contributed by atoms with Crippen LogP contribution in [0.25, 0.3) is 6.08 Å². The van der Waals surface area contributed by atoms with Crippen molar-refractivity contribution >= 4 is 28.0 Å². The smallest absolute Gasteiger partial charge is 0.330 e. The Bertz CT molecular complexity index is 455. The topological polar surface area (TPSA) is 44.8 Å². The molecule has 1 aromatic carbocycles. The Labute approximate surface area is 115 Å². The molecule has 0 aromatic heterocycles. The van der Waals surface area contributed by atoms with Crippen molar-refractivity contribution in [3.05, 3.63) is 28.2 Å². The van der Waals surface area contributed by atoms with Crippen molar-refractivity contribution < 1.29 is 19.0 Å². The molecule has 0 saturated heterocycles. The van der Waals surface area contributed by atoms with Crippen molar-refractivity contribution in [2.75, 3.05) is 20.8 Å². The van der Waals surface area contributed by atoms with Gasteiger partial charge >= 0.3 is 5.97 Å². The summed E-state index contributed by atoms with van der Waals surface area (Å²) >= 11 is 3.37. The number of ether oxygens (including phenoxy) is 3. The molecule has 0 bridgehead atoms. The Morgan fingerprint density at radius 3 is 2.50 bits per heavy atom. The molecule has 0 N–H and O–H groups in total. The standard InChI is InChI=1S/C13H15BrO4/c1-4-18-13(15)6-5-9-7-12(17-3)10(14)8-11(9)16-2/h5-8H,4H2,1-3H3. The van der Waals surface area contributed by atoms with Gasteiger partial charge in [-0.2, -0.15) is 0 Å². The van der Waals surface area contributed by atoms with Crippen molar-refractivity contribution in [3.63, 3.8) is 0 Å². The van der Waals surface area contributed by atoms with Crippen LogP contribution < -0.4 is 9.47 Å². The molecule has 0 fully saturated rings. The Balaban J connectivity index is 3.03. The van der Waals surface area contributed by atoms with Gasteiger partial charge in [0, 0.05) is 11.6 Å². The third kappa shape index (κ3) is 3.77. The van der Waals surface area contributed by atoms with Gasteiger partial charge in [-0.15, -0.1) is 0 Å². The fourth-order valence-electron chi connectivity index (χ4n) is 1.36. The largest absolute Gasteiger partial charge is 0.496 e. The molecule has 0 radical (unpaired) electrons. The van der Waals surface area contributed by atoms with E-state index in [0.29, 0.717) is 18.1 Å². The summed E-state index contributed by atoms with van der Waals surface area (Å²) < 4.78 is 16.0. The summed E-state index contributed by atoms with van der Waals surface area (Å²) in [6, 6.07) is 3.56. The van der Waals surface area contributed by atoms with Gasteiger partial charge in [0.05, 0.1) is 25.3 Å². The maximum absolute atomic E-state index is 11.2. The van der Waals surface area contributed by atoms with E-state index in [4.69, 9.17) is 14.2 Å². The summed E-state index contributed by atoms with van der Waals surface area (Å²) in [6.07, 6.45) is 2.99. The van der Waals surface area contributed by atoms with Crippen LogP contribution in [0.2, 0.25) is 0 Å². The molecule has 0 aliphatic rings. The number of halogens is 1. The van der Waals surface area contributed by atoms with E-state index >= 15 is 0 Å². The molecule has 0 atom stereocenters. The monoisotopic (exact) mass is 314 g/mol. The molecule has 0 saturated carbocycles. The highest BCUT2D eigenvalue weighted by molar-refractivity contribution is 9.10. The summed E-state index contributed by atoms with van der Waals surface area (Å²) in [5, 5.41) is 0. The molecule has 0 spiro atoms. The van der Waals surface area contributed by atoms with Crippen LogP contribution in [0.1, 0.15) is 12.5 Å². The predicted molar refractivity (Wildman–Crippen MR) is 72.9 cm³/mol. The number of carbonyl (C=O) groups is 1. The zero-order valence-electron chi connectivity index (χ0n) is 10.5. The fourth-order valence-corrected chi connectivity index (χ4v) is 1.85. The first-order valence-electron chi connectivity index (χ1n) is 5.38. The van der Waals surface area contributed by atoms with Crippen molar-refractivity contribution in [2.45, 2.75) is 6.92 Å². The average molecular weight is 315 g/mol. The highest BCUT2D eigenvalue weighted by Crippen LogP contribution is 2.33. The Morgan fingerprint density at radius 2 is 1.94 bits per heavy atom. The second-order valence-corrected chi connectivity index (χ2v) is 4.17. The highest BCUT2D eigenvalue weighted by atomic mass is 79.9. The number of benzene rings is 1. The summed E-state index contributed by atoms with van der Waals surface area (Å²) in [5.41, 5.74) is 0.741. The molecule has 0 aliphatic heterocycles. The first-order valence-corrected chi connectivity index (χ1v) is 6.18. The first-order chi connectivity index (χ1) is 8.62. The lowest BCUT2D eigenvalue weighted by atomic mass is 10.1. The molecule has 1 rings (SSSR count). The number of esters is 1. The molecule has 18 heavy (non-hydrogen) atoms. The molecule has 0 aliphatic carbocycles. The average Bonchev–Trinajstić information content (AvgIpc) is 2.37. The summed E-state index contributed by atoms with van der Waals surface area (Å²) in [4.78, 5) is 11.2. The number of hydrogen-bond acceptors (Lipinski definition) is 4. The van der Waals surface area contributed by atoms with E-state index in [0.717, 1.165) is 10.0 Å². The van der Waals surface area contributed by atoms with Crippen LogP contribution in [0.5, 0.6) is 11.5 Å². The molecule has 5 heteroatoms. The van der Waals surface area contributed by atoms with E-state index in [1.807, 2.05) is 0 Å². The van der Waals surface area contributed by atoms with Crippen LogP contribution in [-0.4, -0.2) is 26.8 Å². The van der Waals surface area contributed by atoms with Gasteiger partial charge in [0.15, 0.2) is 0 Å². The second-order valence-electron chi connectivity index (χ2n) is 3.31. The summed E-state index contributed by atoms with van der Waals surface area (Å²) in [5.74, 6) is 0.920. The number of methoxy groups -OCH3 is 2. The van der Waals surface area contributed by atoms with Crippen molar-refractivity contribution in [3.8, 4) is 11.5 Å². The minimum atomic E-state index is -0.388. The van der Waals surface area contributed by atoms with Gasteiger partial charge in [0.2, 0.25) is 0 Å². The lowest BCUT2D eigenvalue weighted by molar-refractivity contribution is -0.137. The molecule has 0 heterocycles. The van der Waals surface area contributed by atoms with Gasteiger partial charge in [-0.25, -0.2) is 4.79 Å². The third-order valence-electron chi connectivity index (χ3n) is 2.19. The van der Waals surface area contributed by atoms with Gasteiger partial charge in [0.25, 0.3) is 0 Å². The van der Waals surface area contributed by atoms with E-state index < -0.39 is 0 Å². The lowest BCUT2D eigenvalue weighted by Gasteiger charge is -2.09. The van der Waals surface area contributed by atoms with Crippen LogP contribution in [0.3, 0.4) is 0 Å². The molecule has 98 valence electrons. The maximum atomic E-state index is 11.2. The van der Waals surface area contributed by atoms with Gasteiger partial charge in [-0.1, -0.05) is 0 Å². The van der Waals surface area contributed by atoms with Gasteiger partial charge < -0.3 is 14.2 Å². The van der Waals surface area contributed by atoms with Crippen LogP contribution >= 0.6 is 15.9 Å². The quantitative estimate of drug-likeness (QED) is 0.619. The molecule has 4 nitrogen and oxygen atoms in total. The zero-order valence-corrected chi connectivity index (χ0v) is 12.1. The molecule has 0 amide bonds. The van der Waals surface area contributed by atoms with Crippen molar-refractivity contribution in [2.24, 2.45) is 0 Å². The van der Waals surface area contributed by atoms with Crippen LogP contribution in [0, 0.1) is 0 Å². The van der Waals surface area contributed by atoms with Gasteiger partial charge in [-0.05, 0) is 41.1 Å². The number of rotatable bonds is 5. The van der Waals surface area contributed by atoms with Crippen LogP contribution in [0.4, 0.5) is 0 Å². The summed E-state index contributed by atoms with van der Waals surface area (Å²) in [6.45, 7) is 2.11. The molecule has 0 unspecified atom stereocenters. The normalized spacial score (nSPS) is 10.4. The third-order valence-corrected chi connectivity index (χ3v) is 2.81. The summed E-state index contributed by atoms with van der Waals surface area (Å²) in [7, 11) is 3.14. The van der Waals surface area contributed by atoms with E-state index in [1.54, 1.807) is 39.4 Å². The Hall–Kier alpha value is -1.49. The van der Waals surface area contributed by atoms with E-state index in [-0.39, 0.29) is 5.97 Å². The maximum Gasteiger partial charge on any atom is 0.330 e.